The van der Waals surface area contributed by atoms with E-state index >= 15 is 0 Å². The molecule has 0 spiro atoms. The monoisotopic (exact) mass is 274 g/mol. The number of hydrogen-bond donors (Lipinski definition) is 2. The number of nitrogens with zero attached hydrogens (tertiary/aromatic N) is 1. The zero-order valence-corrected chi connectivity index (χ0v) is 11.6. The first-order chi connectivity index (χ1) is 9.74. The van der Waals surface area contributed by atoms with Gasteiger partial charge >= 0.3 is 0 Å². The second-order valence-corrected chi connectivity index (χ2v) is 4.27. The minimum absolute atomic E-state index is 0.0171. The van der Waals surface area contributed by atoms with E-state index in [0.29, 0.717) is 24.6 Å². The molecule has 0 aliphatic rings. The number of methoxy groups -OCH3 is 2. The standard InChI is InChI=1S/C15H18N2O3/c1-19-13-7-11(8-14(20-2)15(13)18)9-16-10-12-5-3-4-6-17-12/h3-8,16,18H,9-10H2,1-2H3. The lowest BCUT2D eigenvalue weighted by atomic mass is 10.1. The van der Waals surface area contributed by atoms with Gasteiger partial charge in [0.15, 0.2) is 11.5 Å². The average molecular weight is 274 g/mol. The van der Waals surface area contributed by atoms with Crippen molar-refractivity contribution < 1.29 is 14.6 Å². The van der Waals surface area contributed by atoms with Crippen LogP contribution in [-0.4, -0.2) is 24.3 Å². The van der Waals surface area contributed by atoms with Crippen LogP contribution in [0, 0.1) is 0 Å². The number of hydrogen-bond acceptors (Lipinski definition) is 5. The van der Waals surface area contributed by atoms with Gasteiger partial charge in [-0.05, 0) is 29.8 Å². The Bertz CT molecular complexity index is 533. The van der Waals surface area contributed by atoms with Gasteiger partial charge in [0.2, 0.25) is 5.75 Å². The summed E-state index contributed by atoms with van der Waals surface area (Å²) in [6.45, 7) is 1.30. The van der Waals surface area contributed by atoms with Crippen molar-refractivity contribution in [1.29, 1.82) is 0 Å². The molecular formula is C15H18N2O3. The van der Waals surface area contributed by atoms with E-state index in [1.165, 1.54) is 14.2 Å². The Morgan fingerprint density at radius 3 is 2.35 bits per heavy atom. The van der Waals surface area contributed by atoms with Crippen LogP contribution in [0.5, 0.6) is 17.2 Å². The molecule has 0 aliphatic carbocycles. The fourth-order valence-corrected chi connectivity index (χ4v) is 1.89. The summed E-state index contributed by atoms with van der Waals surface area (Å²) in [7, 11) is 3.03. The van der Waals surface area contributed by atoms with E-state index in [2.05, 4.69) is 10.3 Å². The van der Waals surface area contributed by atoms with E-state index in [4.69, 9.17) is 9.47 Å². The minimum atomic E-state index is 0.0171. The molecule has 0 amide bonds. The van der Waals surface area contributed by atoms with Crippen LogP contribution < -0.4 is 14.8 Å². The fraction of sp³-hybridized carbons (Fsp3) is 0.267. The first-order valence-electron chi connectivity index (χ1n) is 6.29. The van der Waals surface area contributed by atoms with E-state index in [9.17, 15) is 5.11 Å². The zero-order chi connectivity index (χ0) is 14.4. The maximum Gasteiger partial charge on any atom is 0.200 e. The van der Waals surface area contributed by atoms with Crippen LogP contribution in [-0.2, 0) is 13.1 Å². The minimum Gasteiger partial charge on any atom is -0.502 e. The summed E-state index contributed by atoms with van der Waals surface area (Å²) in [5, 5.41) is 13.1. The Morgan fingerprint density at radius 2 is 1.80 bits per heavy atom. The molecule has 106 valence electrons. The third-order valence-electron chi connectivity index (χ3n) is 2.90. The van der Waals surface area contributed by atoms with Crippen molar-refractivity contribution in [3.05, 3.63) is 47.8 Å². The molecule has 0 unspecified atom stereocenters. The highest BCUT2D eigenvalue weighted by Gasteiger charge is 2.10. The predicted molar refractivity (Wildman–Crippen MR) is 76.0 cm³/mol. The van der Waals surface area contributed by atoms with Gasteiger partial charge in [0.05, 0.1) is 19.9 Å². The molecule has 2 aromatic rings. The molecule has 0 bridgehead atoms. The van der Waals surface area contributed by atoms with Gasteiger partial charge in [0.1, 0.15) is 0 Å². The van der Waals surface area contributed by atoms with Gasteiger partial charge in [0.25, 0.3) is 0 Å². The molecule has 1 heterocycles. The van der Waals surface area contributed by atoms with Crippen LogP contribution in [0.4, 0.5) is 0 Å². The lowest BCUT2D eigenvalue weighted by molar-refractivity contribution is 0.339. The molecule has 1 aromatic carbocycles. The van der Waals surface area contributed by atoms with Crippen molar-refractivity contribution in [2.24, 2.45) is 0 Å². The quantitative estimate of drug-likeness (QED) is 0.844. The van der Waals surface area contributed by atoms with Crippen LogP contribution >= 0.6 is 0 Å². The molecule has 20 heavy (non-hydrogen) atoms. The lowest BCUT2D eigenvalue weighted by Gasteiger charge is -2.11. The van der Waals surface area contributed by atoms with Gasteiger partial charge < -0.3 is 19.9 Å². The predicted octanol–water partition coefficient (Wildman–Crippen LogP) is 2.09. The smallest absolute Gasteiger partial charge is 0.200 e. The Balaban J connectivity index is 2.02. The molecule has 0 saturated heterocycles. The van der Waals surface area contributed by atoms with Crippen molar-refractivity contribution in [3.63, 3.8) is 0 Å². The lowest BCUT2D eigenvalue weighted by Crippen LogP contribution is -2.13. The first kappa shape index (κ1) is 14.1. The molecule has 5 heteroatoms. The van der Waals surface area contributed by atoms with E-state index in [0.717, 1.165) is 11.3 Å². The number of phenols is 1. The zero-order valence-electron chi connectivity index (χ0n) is 11.6. The summed E-state index contributed by atoms with van der Waals surface area (Å²) in [5.74, 6) is 0.821. The number of rotatable bonds is 6. The summed E-state index contributed by atoms with van der Waals surface area (Å²) in [4.78, 5) is 4.24. The number of pyridine rings is 1. The second-order valence-electron chi connectivity index (χ2n) is 4.27. The maximum atomic E-state index is 9.84. The van der Waals surface area contributed by atoms with Crippen LogP contribution in [0.3, 0.4) is 0 Å². The highest BCUT2D eigenvalue weighted by Crippen LogP contribution is 2.36. The van der Waals surface area contributed by atoms with Gasteiger partial charge in [-0.15, -0.1) is 0 Å². The van der Waals surface area contributed by atoms with Crippen molar-refractivity contribution in [2.75, 3.05) is 14.2 Å². The van der Waals surface area contributed by atoms with Crippen molar-refractivity contribution in [1.82, 2.24) is 10.3 Å². The van der Waals surface area contributed by atoms with Crippen LogP contribution in [0.25, 0.3) is 0 Å². The van der Waals surface area contributed by atoms with Crippen molar-refractivity contribution in [3.8, 4) is 17.2 Å². The molecule has 0 atom stereocenters. The van der Waals surface area contributed by atoms with Gasteiger partial charge in [-0.2, -0.15) is 0 Å². The number of aromatic hydroxyl groups is 1. The van der Waals surface area contributed by atoms with Crippen LogP contribution in [0.15, 0.2) is 36.5 Å². The van der Waals surface area contributed by atoms with Gasteiger partial charge in [-0.3, -0.25) is 4.98 Å². The number of nitrogens with one attached hydrogen (secondary N) is 1. The van der Waals surface area contributed by atoms with Crippen LogP contribution in [0.2, 0.25) is 0 Å². The molecule has 5 nitrogen and oxygen atoms in total. The third kappa shape index (κ3) is 3.39. The Kier molecular flexibility index (Phi) is 4.79. The van der Waals surface area contributed by atoms with E-state index in [-0.39, 0.29) is 5.75 Å². The SMILES string of the molecule is COc1cc(CNCc2ccccn2)cc(OC)c1O. The fourth-order valence-electron chi connectivity index (χ4n) is 1.89. The van der Waals surface area contributed by atoms with Gasteiger partial charge in [-0.1, -0.05) is 6.07 Å². The molecule has 2 rings (SSSR count). The molecule has 1 aromatic heterocycles. The number of ether oxygens (including phenoxy) is 2. The summed E-state index contributed by atoms with van der Waals surface area (Å²) in [5.41, 5.74) is 1.94. The Labute approximate surface area is 118 Å². The molecule has 2 N–H and O–H groups in total. The normalized spacial score (nSPS) is 10.3. The molecule has 0 fully saturated rings. The Morgan fingerprint density at radius 1 is 1.10 bits per heavy atom. The van der Waals surface area contributed by atoms with Gasteiger partial charge in [0, 0.05) is 19.3 Å². The molecule has 0 saturated carbocycles. The van der Waals surface area contributed by atoms with E-state index < -0.39 is 0 Å². The van der Waals surface area contributed by atoms with Crippen molar-refractivity contribution >= 4 is 0 Å². The molecule has 0 radical (unpaired) electrons. The van der Waals surface area contributed by atoms with Crippen LogP contribution in [0.1, 0.15) is 11.3 Å². The Hall–Kier alpha value is -2.27. The third-order valence-corrected chi connectivity index (χ3v) is 2.90. The average Bonchev–Trinajstić information content (AvgIpc) is 2.49. The number of benzene rings is 1. The molecular weight excluding hydrogens is 256 g/mol. The largest absolute Gasteiger partial charge is 0.502 e. The highest BCUT2D eigenvalue weighted by molar-refractivity contribution is 5.52. The summed E-state index contributed by atoms with van der Waals surface area (Å²) < 4.78 is 10.2. The second kappa shape index (κ2) is 6.77. The first-order valence-corrected chi connectivity index (χ1v) is 6.29. The summed E-state index contributed by atoms with van der Waals surface area (Å²) in [6.07, 6.45) is 1.77. The van der Waals surface area contributed by atoms with Crippen molar-refractivity contribution in [2.45, 2.75) is 13.1 Å². The highest BCUT2D eigenvalue weighted by atomic mass is 16.5. The molecule has 0 aliphatic heterocycles. The number of phenolic OH excluding ortho intramolecular Hbond substituents is 1. The van der Waals surface area contributed by atoms with Gasteiger partial charge in [-0.25, -0.2) is 0 Å². The maximum absolute atomic E-state index is 9.84. The van der Waals surface area contributed by atoms with E-state index in [1.54, 1.807) is 18.3 Å². The number of aromatic nitrogens is 1. The van der Waals surface area contributed by atoms with E-state index in [1.807, 2.05) is 18.2 Å². The summed E-state index contributed by atoms with van der Waals surface area (Å²) >= 11 is 0. The topological polar surface area (TPSA) is 63.6 Å². The summed E-state index contributed by atoms with van der Waals surface area (Å²) in [6, 6.07) is 9.37.